The molecular weight excluding hydrogens is 200 g/mol. The van der Waals surface area contributed by atoms with Crippen LogP contribution in [0.3, 0.4) is 0 Å². The predicted octanol–water partition coefficient (Wildman–Crippen LogP) is 1.32. The summed E-state index contributed by atoms with van der Waals surface area (Å²) in [4.78, 5) is 2.26. The van der Waals surface area contributed by atoms with Crippen molar-refractivity contribution in [1.82, 2.24) is 0 Å². The van der Waals surface area contributed by atoms with Gasteiger partial charge in [-0.2, -0.15) is 0 Å². The van der Waals surface area contributed by atoms with E-state index in [4.69, 9.17) is 5.73 Å². The zero-order chi connectivity index (χ0) is 11.5. The summed E-state index contributed by atoms with van der Waals surface area (Å²) in [6.07, 6.45) is 0.734. The van der Waals surface area contributed by atoms with E-state index < -0.39 is 0 Å². The van der Waals surface area contributed by atoms with Gasteiger partial charge in [-0.3, -0.25) is 0 Å². The third kappa shape index (κ3) is 2.20. The van der Waals surface area contributed by atoms with Crippen molar-refractivity contribution in [3.63, 3.8) is 0 Å². The quantitative estimate of drug-likeness (QED) is 0.804. The van der Waals surface area contributed by atoms with Gasteiger partial charge in [-0.25, -0.2) is 0 Å². The minimum Gasteiger partial charge on any atom is -0.392 e. The highest BCUT2D eigenvalue weighted by Crippen LogP contribution is 2.37. The Morgan fingerprint density at radius 2 is 2.25 bits per heavy atom. The fourth-order valence-corrected chi connectivity index (χ4v) is 2.52. The summed E-state index contributed by atoms with van der Waals surface area (Å²) in [5.74, 6) is 0.528. The van der Waals surface area contributed by atoms with Crippen molar-refractivity contribution in [3.8, 4) is 0 Å². The van der Waals surface area contributed by atoms with Crippen LogP contribution in [0.5, 0.6) is 0 Å². The van der Waals surface area contributed by atoms with Gasteiger partial charge in [0.15, 0.2) is 0 Å². The zero-order valence-corrected chi connectivity index (χ0v) is 9.76. The maximum absolute atomic E-state index is 9.49. The number of benzene rings is 1. The molecular formula is C13H20N2O. The number of aliphatic hydroxyl groups excluding tert-OH is 1. The van der Waals surface area contributed by atoms with Gasteiger partial charge in [-0.05, 0) is 31.5 Å². The van der Waals surface area contributed by atoms with E-state index in [0.29, 0.717) is 12.5 Å². The van der Waals surface area contributed by atoms with E-state index in [1.165, 1.54) is 11.3 Å². The number of aliphatic hydroxyl groups is 1. The molecule has 0 amide bonds. The van der Waals surface area contributed by atoms with Crippen LogP contribution in [-0.4, -0.2) is 30.8 Å². The normalized spacial score (nSPS) is 20.9. The molecule has 3 heteroatoms. The predicted molar refractivity (Wildman–Crippen MR) is 66.7 cm³/mol. The number of para-hydroxylation sites is 1. The highest BCUT2D eigenvalue weighted by Gasteiger charge is 2.27. The van der Waals surface area contributed by atoms with Crippen LogP contribution >= 0.6 is 0 Å². The summed E-state index contributed by atoms with van der Waals surface area (Å²) < 4.78 is 0. The first-order valence-electron chi connectivity index (χ1n) is 5.94. The number of nitrogens with zero attached hydrogens (tertiary/aromatic N) is 1. The Balaban J connectivity index is 2.21. The minimum atomic E-state index is -0.287. The second-order valence-electron chi connectivity index (χ2n) is 4.59. The molecule has 2 atom stereocenters. The number of hydrogen-bond donors (Lipinski definition) is 2. The fourth-order valence-electron chi connectivity index (χ4n) is 2.52. The van der Waals surface area contributed by atoms with Gasteiger partial charge in [0.2, 0.25) is 0 Å². The molecule has 0 bridgehead atoms. The fraction of sp³-hybridized carbons (Fsp3) is 0.538. The van der Waals surface area contributed by atoms with Crippen molar-refractivity contribution in [3.05, 3.63) is 29.8 Å². The van der Waals surface area contributed by atoms with Crippen molar-refractivity contribution in [2.45, 2.75) is 25.4 Å². The summed E-state index contributed by atoms with van der Waals surface area (Å²) in [5, 5.41) is 9.49. The largest absolute Gasteiger partial charge is 0.392 e. The van der Waals surface area contributed by atoms with Crippen LogP contribution in [0.1, 0.15) is 24.8 Å². The monoisotopic (exact) mass is 220 g/mol. The minimum absolute atomic E-state index is 0.287. The third-order valence-corrected chi connectivity index (χ3v) is 3.16. The Morgan fingerprint density at radius 1 is 1.50 bits per heavy atom. The first kappa shape index (κ1) is 11.4. The summed E-state index contributed by atoms with van der Waals surface area (Å²) >= 11 is 0. The Labute approximate surface area is 96.9 Å². The van der Waals surface area contributed by atoms with Crippen LogP contribution in [0, 0.1) is 0 Å². The molecule has 2 rings (SSSR count). The van der Waals surface area contributed by atoms with E-state index in [0.717, 1.165) is 19.5 Å². The average Bonchev–Trinajstić information content (AvgIpc) is 2.58. The maximum Gasteiger partial charge on any atom is 0.0687 e. The molecule has 3 nitrogen and oxygen atoms in total. The molecule has 0 saturated carbocycles. The maximum atomic E-state index is 9.49. The number of β-amino-alcohol motifs (C(OH)–C–C–N with tert-alkyl or cyclic N) is 1. The number of anilines is 1. The topological polar surface area (TPSA) is 49.5 Å². The highest BCUT2D eigenvalue weighted by atomic mass is 16.3. The van der Waals surface area contributed by atoms with Gasteiger partial charge in [0.1, 0.15) is 0 Å². The summed E-state index contributed by atoms with van der Waals surface area (Å²) in [7, 11) is 0. The van der Waals surface area contributed by atoms with Crippen molar-refractivity contribution < 1.29 is 5.11 Å². The van der Waals surface area contributed by atoms with E-state index in [2.05, 4.69) is 29.2 Å². The molecule has 0 aromatic heterocycles. The van der Waals surface area contributed by atoms with Gasteiger partial charge in [-0.15, -0.1) is 0 Å². The standard InChI is InChI=1S/C13H20N2O/c1-10(16)8-15-9-11(6-7-14)12-4-2-3-5-13(12)15/h2-5,10-11,16H,6-9,14H2,1H3/t10-,11?/m1/s1. The Morgan fingerprint density at radius 3 is 2.94 bits per heavy atom. The van der Waals surface area contributed by atoms with Crippen LogP contribution < -0.4 is 10.6 Å². The number of fused-ring (bicyclic) bond motifs is 1. The van der Waals surface area contributed by atoms with E-state index in [1.807, 2.05) is 6.92 Å². The number of rotatable bonds is 4. The summed E-state index contributed by atoms with van der Waals surface area (Å²) in [6, 6.07) is 8.44. The summed E-state index contributed by atoms with van der Waals surface area (Å²) in [5.41, 5.74) is 8.29. The highest BCUT2D eigenvalue weighted by molar-refractivity contribution is 5.60. The molecule has 1 aliphatic heterocycles. The van der Waals surface area contributed by atoms with E-state index in [-0.39, 0.29) is 6.10 Å². The van der Waals surface area contributed by atoms with Crippen molar-refractivity contribution in [2.24, 2.45) is 5.73 Å². The molecule has 16 heavy (non-hydrogen) atoms. The van der Waals surface area contributed by atoms with Crippen LogP contribution in [0.25, 0.3) is 0 Å². The van der Waals surface area contributed by atoms with E-state index in [1.54, 1.807) is 0 Å². The van der Waals surface area contributed by atoms with Gasteiger partial charge in [0.05, 0.1) is 6.10 Å². The number of hydrogen-bond acceptors (Lipinski definition) is 3. The third-order valence-electron chi connectivity index (χ3n) is 3.16. The lowest BCUT2D eigenvalue weighted by Crippen LogP contribution is -2.30. The van der Waals surface area contributed by atoms with Gasteiger partial charge >= 0.3 is 0 Å². The molecule has 0 fully saturated rings. The molecule has 1 aromatic carbocycles. The smallest absolute Gasteiger partial charge is 0.0687 e. The number of nitrogens with two attached hydrogens (primary N) is 1. The zero-order valence-electron chi connectivity index (χ0n) is 9.76. The lowest BCUT2D eigenvalue weighted by atomic mass is 9.98. The van der Waals surface area contributed by atoms with Crippen LogP contribution in [0.15, 0.2) is 24.3 Å². The molecule has 1 aromatic rings. The Kier molecular flexibility index (Phi) is 3.46. The summed E-state index contributed by atoms with van der Waals surface area (Å²) in [6.45, 7) is 4.25. The van der Waals surface area contributed by atoms with Crippen LogP contribution in [0.4, 0.5) is 5.69 Å². The van der Waals surface area contributed by atoms with Crippen molar-refractivity contribution >= 4 is 5.69 Å². The van der Waals surface area contributed by atoms with Gasteiger partial charge in [0, 0.05) is 24.7 Å². The van der Waals surface area contributed by atoms with Crippen LogP contribution in [-0.2, 0) is 0 Å². The molecule has 1 aliphatic rings. The van der Waals surface area contributed by atoms with Gasteiger partial charge < -0.3 is 15.7 Å². The average molecular weight is 220 g/mol. The molecule has 0 radical (unpaired) electrons. The Bertz CT molecular complexity index is 352. The lowest BCUT2D eigenvalue weighted by Gasteiger charge is -2.21. The van der Waals surface area contributed by atoms with E-state index >= 15 is 0 Å². The first-order valence-corrected chi connectivity index (χ1v) is 5.94. The Hall–Kier alpha value is -1.06. The molecule has 0 spiro atoms. The second-order valence-corrected chi connectivity index (χ2v) is 4.59. The van der Waals surface area contributed by atoms with E-state index in [9.17, 15) is 5.11 Å². The van der Waals surface area contributed by atoms with Gasteiger partial charge in [-0.1, -0.05) is 18.2 Å². The molecule has 0 aliphatic carbocycles. The molecule has 3 N–H and O–H groups in total. The lowest BCUT2D eigenvalue weighted by molar-refractivity contribution is 0.200. The van der Waals surface area contributed by atoms with Crippen molar-refractivity contribution in [2.75, 3.05) is 24.5 Å². The molecule has 1 unspecified atom stereocenters. The SMILES string of the molecule is C[C@@H](O)CN1CC(CCN)c2ccccc21. The van der Waals surface area contributed by atoms with Gasteiger partial charge in [0.25, 0.3) is 0 Å². The first-order chi connectivity index (χ1) is 7.72. The van der Waals surface area contributed by atoms with Crippen LogP contribution in [0.2, 0.25) is 0 Å². The molecule has 0 saturated heterocycles. The van der Waals surface area contributed by atoms with Crippen molar-refractivity contribution in [1.29, 1.82) is 0 Å². The second kappa shape index (κ2) is 4.85. The molecule has 88 valence electrons. The molecule has 1 heterocycles.